The van der Waals surface area contributed by atoms with E-state index in [2.05, 4.69) is 9.88 Å². The molecule has 2 fully saturated rings. The van der Waals surface area contributed by atoms with Crippen molar-refractivity contribution in [3.05, 3.63) is 22.7 Å². The van der Waals surface area contributed by atoms with Crippen molar-refractivity contribution in [1.82, 2.24) is 9.55 Å². The lowest BCUT2D eigenvalue weighted by Gasteiger charge is -2.18. The molecule has 0 bridgehead atoms. The van der Waals surface area contributed by atoms with Crippen LogP contribution in [-0.2, 0) is 11.3 Å². The monoisotopic (exact) mass is 235 g/mol. The summed E-state index contributed by atoms with van der Waals surface area (Å²) in [6.07, 6.45) is 2.61. The van der Waals surface area contributed by atoms with Gasteiger partial charge in [-0.1, -0.05) is 0 Å². The molecule has 0 aromatic carbocycles. The van der Waals surface area contributed by atoms with Crippen LogP contribution >= 0.6 is 0 Å². The van der Waals surface area contributed by atoms with Crippen molar-refractivity contribution in [2.24, 2.45) is 11.8 Å². The maximum absolute atomic E-state index is 11.7. The predicted molar refractivity (Wildman–Crippen MR) is 59.9 cm³/mol. The van der Waals surface area contributed by atoms with Gasteiger partial charge in [0.2, 0.25) is 0 Å². The number of carboxylic acid groups (broad SMARTS) is 1. The molecule has 90 valence electrons. The molecule has 0 amide bonds. The van der Waals surface area contributed by atoms with Gasteiger partial charge in [0.05, 0.1) is 0 Å². The second-order valence-corrected chi connectivity index (χ2v) is 4.77. The number of fused-ring (bicyclic) bond motifs is 1. The van der Waals surface area contributed by atoms with E-state index in [0.717, 1.165) is 29.5 Å². The number of carboxylic acids is 1. The minimum atomic E-state index is -1.04. The number of nitrogens with zero attached hydrogens (tertiary/aromatic N) is 3. The van der Waals surface area contributed by atoms with Crippen molar-refractivity contribution < 1.29 is 9.90 Å². The molecule has 1 aliphatic carbocycles. The first-order chi connectivity index (χ1) is 8.13. The third-order valence-electron chi connectivity index (χ3n) is 3.47. The molecule has 0 spiro atoms. The summed E-state index contributed by atoms with van der Waals surface area (Å²) in [5.74, 6) is 1.18. The van der Waals surface area contributed by atoms with Crippen LogP contribution in [-0.4, -0.2) is 33.7 Å². The Kier molecular flexibility index (Phi) is 2.17. The third kappa shape index (κ3) is 1.90. The van der Waals surface area contributed by atoms with E-state index in [-0.39, 0.29) is 12.1 Å². The average Bonchev–Trinajstić information content (AvgIpc) is 2.88. The summed E-state index contributed by atoms with van der Waals surface area (Å²) < 4.78 is 1.10. The van der Waals surface area contributed by atoms with Gasteiger partial charge < -0.3 is 10.0 Å². The molecular weight excluding hydrogens is 222 g/mol. The second kappa shape index (κ2) is 3.58. The largest absolute Gasteiger partial charge is 0.480 e. The fourth-order valence-electron chi connectivity index (χ4n) is 2.44. The van der Waals surface area contributed by atoms with Crippen molar-refractivity contribution in [3.63, 3.8) is 0 Å². The first kappa shape index (κ1) is 10.3. The molecule has 1 aromatic rings. The van der Waals surface area contributed by atoms with Gasteiger partial charge in [-0.05, 0) is 18.3 Å². The first-order valence-electron chi connectivity index (χ1n) is 5.66. The van der Waals surface area contributed by atoms with Crippen molar-refractivity contribution in [2.75, 3.05) is 18.0 Å². The Morgan fingerprint density at radius 2 is 2.18 bits per heavy atom. The summed E-state index contributed by atoms with van der Waals surface area (Å²) >= 11 is 0. The second-order valence-electron chi connectivity index (χ2n) is 4.77. The van der Waals surface area contributed by atoms with Crippen LogP contribution in [0.4, 0.5) is 5.82 Å². The van der Waals surface area contributed by atoms with E-state index >= 15 is 0 Å². The van der Waals surface area contributed by atoms with Crippen molar-refractivity contribution in [1.29, 1.82) is 0 Å². The Hall–Kier alpha value is -1.85. The van der Waals surface area contributed by atoms with E-state index in [1.54, 1.807) is 0 Å². The molecule has 2 aliphatic rings. The minimum Gasteiger partial charge on any atom is -0.480 e. The zero-order valence-corrected chi connectivity index (χ0v) is 9.24. The van der Waals surface area contributed by atoms with Crippen molar-refractivity contribution in [2.45, 2.75) is 13.0 Å². The molecule has 6 heteroatoms. The molecular formula is C11H13N3O3. The van der Waals surface area contributed by atoms with E-state index in [0.29, 0.717) is 5.82 Å². The van der Waals surface area contributed by atoms with Crippen molar-refractivity contribution >= 4 is 11.8 Å². The SMILES string of the molecule is O=C(O)Cn1cnc(N2CC3CC3C2)cc1=O. The van der Waals surface area contributed by atoms with Gasteiger partial charge in [-0.3, -0.25) is 14.2 Å². The molecule has 1 saturated heterocycles. The molecule has 6 nitrogen and oxygen atoms in total. The Morgan fingerprint density at radius 3 is 2.76 bits per heavy atom. The number of hydrogen-bond acceptors (Lipinski definition) is 4. The van der Waals surface area contributed by atoms with Crippen LogP contribution in [0.1, 0.15) is 6.42 Å². The van der Waals surface area contributed by atoms with Gasteiger partial charge in [-0.15, -0.1) is 0 Å². The highest BCUT2D eigenvalue weighted by Crippen LogP contribution is 2.45. The maximum Gasteiger partial charge on any atom is 0.323 e. The summed E-state index contributed by atoms with van der Waals surface area (Å²) in [5, 5.41) is 8.61. The zero-order valence-electron chi connectivity index (χ0n) is 9.24. The molecule has 2 unspecified atom stereocenters. The summed E-state index contributed by atoms with van der Waals surface area (Å²) in [5.41, 5.74) is -0.307. The van der Waals surface area contributed by atoms with Gasteiger partial charge in [0, 0.05) is 19.2 Å². The van der Waals surface area contributed by atoms with Crippen LogP contribution in [0.3, 0.4) is 0 Å². The summed E-state index contributed by atoms with van der Waals surface area (Å²) in [4.78, 5) is 28.4. The summed E-state index contributed by atoms with van der Waals surface area (Å²) in [6.45, 7) is 1.61. The van der Waals surface area contributed by atoms with Crippen molar-refractivity contribution in [3.8, 4) is 0 Å². The molecule has 17 heavy (non-hydrogen) atoms. The topological polar surface area (TPSA) is 75.4 Å². The van der Waals surface area contributed by atoms with Crippen LogP contribution < -0.4 is 10.5 Å². The normalized spacial score (nSPS) is 25.8. The number of hydrogen-bond donors (Lipinski definition) is 1. The van der Waals surface area contributed by atoms with Crippen LogP contribution in [0.25, 0.3) is 0 Å². The number of piperidine rings is 1. The van der Waals surface area contributed by atoms with Gasteiger partial charge in [-0.2, -0.15) is 0 Å². The molecule has 1 N–H and O–H groups in total. The highest BCUT2D eigenvalue weighted by Gasteiger charge is 2.45. The molecule has 2 heterocycles. The summed E-state index contributed by atoms with van der Waals surface area (Å²) in [7, 11) is 0. The molecule has 1 saturated carbocycles. The third-order valence-corrected chi connectivity index (χ3v) is 3.47. The highest BCUT2D eigenvalue weighted by atomic mass is 16.4. The average molecular weight is 235 g/mol. The number of carbonyl (C=O) groups is 1. The molecule has 1 aliphatic heterocycles. The molecule has 1 aromatic heterocycles. The standard InChI is InChI=1S/C11H13N3O3/c15-10-2-9(12-6-14(10)5-11(16)17)13-3-7-1-8(7)4-13/h2,6-8H,1,3-5H2,(H,16,17). The maximum atomic E-state index is 11.7. The lowest BCUT2D eigenvalue weighted by Crippen LogP contribution is -2.28. The Morgan fingerprint density at radius 1 is 1.47 bits per heavy atom. The van der Waals surface area contributed by atoms with E-state index in [1.165, 1.54) is 18.8 Å². The van der Waals surface area contributed by atoms with E-state index in [4.69, 9.17) is 5.11 Å². The number of rotatable bonds is 3. The fraction of sp³-hybridized carbons (Fsp3) is 0.545. The minimum absolute atomic E-state index is 0.307. The quantitative estimate of drug-likeness (QED) is 0.784. The van der Waals surface area contributed by atoms with Crippen LogP contribution in [0.5, 0.6) is 0 Å². The van der Waals surface area contributed by atoms with Gasteiger partial charge in [0.15, 0.2) is 0 Å². The smallest absolute Gasteiger partial charge is 0.323 e. The van der Waals surface area contributed by atoms with E-state index in [1.807, 2.05) is 0 Å². The predicted octanol–water partition coefficient (Wildman–Crippen LogP) is -0.216. The zero-order chi connectivity index (χ0) is 12.0. The molecule has 0 radical (unpaired) electrons. The Balaban J connectivity index is 1.80. The lowest BCUT2D eigenvalue weighted by molar-refractivity contribution is -0.137. The van der Waals surface area contributed by atoms with E-state index in [9.17, 15) is 9.59 Å². The van der Waals surface area contributed by atoms with E-state index < -0.39 is 5.97 Å². The Bertz CT molecular complexity index is 515. The fourth-order valence-corrected chi connectivity index (χ4v) is 2.44. The van der Waals surface area contributed by atoms with Crippen LogP contribution in [0.2, 0.25) is 0 Å². The highest BCUT2D eigenvalue weighted by molar-refractivity contribution is 5.66. The van der Waals surface area contributed by atoms with Gasteiger partial charge >= 0.3 is 5.97 Å². The number of anilines is 1. The number of aliphatic carboxylic acids is 1. The summed E-state index contributed by atoms with van der Waals surface area (Å²) in [6, 6.07) is 1.42. The van der Waals surface area contributed by atoms with Crippen LogP contribution in [0.15, 0.2) is 17.2 Å². The first-order valence-corrected chi connectivity index (χ1v) is 5.66. The molecule has 3 rings (SSSR count). The Labute approximate surface area is 97.5 Å². The van der Waals surface area contributed by atoms with Crippen LogP contribution in [0, 0.1) is 11.8 Å². The lowest BCUT2D eigenvalue weighted by atomic mass is 10.4. The number of aromatic nitrogens is 2. The van der Waals surface area contributed by atoms with Gasteiger partial charge in [-0.25, -0.2) is 4.98 Å². The molecule has 2 atom stereocenters. The van der Waals surface area contributed by atoms with Gasteiger partial charge in [0.25, 0.3) is 5.56 Å². The van der Waals surface area contributed by atoms with Gasteiger partial charge in [0.1, 0.15) is 18.7 Å².